The van der Waals surface area contributed by atoms with Gasteiger partial charge in [0.1, 0.15) is 0 Å². The van der Waals surface area contributed by atoms with E-state index in [9.17, 15) is 5.11 Å². The maximum atomic E-state index is 10.2. The summed E-state index contributed by atoms with van der Waals surface area (Å²) >= 11 is 0. The third-order valence-electron chi connectivity index (χ3n) is 6.32. The quantitative estimate of drug-likeness (QED) is 0.687. The summed E-state index contributed by atoms with van der Waals surface area (Å²) in [4.78, 5) is 0. The van der Waals surface area contributed by atoms with Crippen molar-refractivity contribution in [2.24, 2.45) is 5.92 Å². The molecule has 0 spiro atoms. The fraction of sp³-hybridized carbons (Fsp3) is 1.00. The van der Waals surface area contributed by atoms with Crippen LogP contribution in [-0.4, -0.2) is 40.6 Å². The second kappa shape index (κ2) is 6.91. The molecule has 0 bridgehead atoms. The summed E-state index contributed by atoms with van der Waals surface area (Å²) in [5.41, 5.74) is 0. The van der Waals surface area contributed by atoms with Crippen LogP contribution in [-0.2, 0) is 8.85 Å². The molecular weight excluding hydrogens is 320 g/mol. The highest BCUT2D eigenvalue weighted by atomic mass is 28.4. The van der Waals surface area contributed by atoms with Crippen molar-refractivity contribution in [2.75, 3.05) is 6.61 Å². The van der Waals surface area contributed by atoms with Gasteiger partial charge in [0, 0.05) is 12.5 Å². The second-order valence-electron chi connectivity index (χ2n) is 10.4. The lowest BCUT2D eigenvalue weighted by atomic mass is 10.1. The van der Waals surface area contributed by atoms with Crippen LogP contribution >= 0.6 is 0 Å². The molecule has 3 nitrogen and oxygen atoms in total. The Morgan fingerprint density at radius 1 is 0.870 bits per heavy atom. The minimum absolute atomic E-state index is 0.149. The van der Waals surface area contributed by atoms with E-state index in [-0.39, 0.29) is 22.3 Å². The molecule has 3 unspecified atom stereocenters. The van der Waals surface area contributed by atoms with Gasteiger partial charge in [-0.25, -0.2) is 0 Å². The van der Waals surface area contributed by atoms with Crippen LogP contribution in [0.4, 0.5) is 0 Å². The van der Waals surface area contributed by atoms with E-state index in [1.54, 1.807) is 0 Å². The standard InChI is InChI=1S/C18H40O3Si2/c1-17(2,3)22(7,8)20-13-14-11-15(19)12-16(14)21-23(9,10)18(4,5)6/h14-16,19H,11-13H2,1-10H3. The molecule has 1 fully saturated rings. The summed E-state index contributed by atoms with van der Waals surface area (Å²) in [5.74, 6) is 0.327. The Labute approximate surface area is 146 Å². The van der Waals surface area contributed by atoms with Gasteiger partial charge < -0.3 is 14.0 Å². The second-order valence-corrected chi connectivity index (χ2v) is 19.9. The molecule has 1 rings (SSSR count). The average Bonchev–Trinajstić information content (AvgIpc) is 2.63. The van der Waals surface area contributed by atoms with Crippen LogP contribution < -0.4 is 0 Å². The van der Waals surface area contributed by atoms with Crippen LogP contribution in [0.25, 0.3) is 0 Å². The fourth-order valence-corrected chi connectivity index (χ4v) is 4.93. The molecule has 1 N–H and O–H groups in total. The van der Waals surface area contributed by atoms with Gasteiger partial charge in [-0.15, -0.1) is 0 Å². The van der Waals surface area contributed by atoms with Crippen molar-refractivity contribution in [3.8, 4) is 0 Å². The molecule has 3 atom stereocenters. The lowest BCUT2D eigenvalue weighted by molar-refractivity contribution is 0.0994. The van der Waals surface area contributed by atoms with Crippen LogP contribution in [0.1, 0.15) is 54.4 Å². The van der Waals surface area contributed by atoms with Crippen molar-refractivity contribution in [2.45, 2.75) is 103 Å². The van der Waals surface area contributed by atoms with Crippen molar-refractivity contribution >= 4 is 16.6 Å². The molecule has 0 aromatic heterocycles. The maximum Gasteiger partial charge on any atom is 0.192 e. The first-order valence-corrected chi connectivity index (χ1v) is 14.9. The average molecular weight is 361 g/mol. The lowest BCUT2D eigenvalue weighted by Crippen LogP contribution is -2.46. The molecule has 0 heterocycles. The summed E-state index contributed by atoms with van der Waals surface area (Å²) in [6, 6.07) is 0. The van der Waals surface area contributed by atoms with Crippen molar-refractivity contribution in [3.63, 3.8) is 0 Å². The molecule has 0 amide bonds. The van der Waals surface area contributed by atoms with Gasteiger partial charge in [0.25, 0.3) is 0 Å². The van der Waals surface area contributed by atoms with Crippen LogP contribution in [0.5, 0.6) is 0 Å². The molecule has 0 saturated heterocycles. The molecule has 23 heavy (non-hydrogen) atoms. The number of aliphatic hydroxyl groups excluding tert-OH is 1. The molecule has 0 aromatic rings. The monoisotopic (exact) mass is 360 g/mol. The molecule has 138 valence electrons. The molecule has 0 aliphatic heterocycles. The van der Waals surface area contributed by atoms with E-state index in [2.05, 4.69) is 67.7 Å². The number of hydrogen-bond donors (Lipinski definition) is 1. The first-order valence-electron chi connectivity index (χ1n) is 9.07. The first-order chi connectivity index (χ1) is 10.1. The maximum absolute atomic E-state index is 10.2. The highest BCUT2D eigenvalue weighted by Crippen LogP contribution is 2.42. The normalized spacial score (nSPS) is 27.5. The molecule has 1 saturated carbocycles. The molecular formula is C18H40O3Si2. The summed E-state index contributed by atoms with van der Waals surface area (Å²) in [5, 5.41) is 10.6. The smallest absolute Gasteiger partial charge is 0.192 e. The Hall–Kier alpha value is 0.314. The van der Waals surface area contributed by atoms with Gasteiger partial charge in [0.2, 0.25) is 0 Å². The summed E-state index contributed by atoms with van der Waals surface area (Å²) < 4.78 is 13.0. The Kier molecular flexibility index (Phi) is 6.41. The Morgan fingerprint density at radius 3 is 1.78 bits per heavy atom. The van der Waals surface area contributed by atoms with Gasteiger partial charge in [-0.1, -0.05) is 41.5 Å². The Bertz CT molecular complexity index is 394. The zero-order valence-electron chi connectivity index (χ0n) is 17.1. The zero-order chi connectivity index (χ0) is 18.3. The van der Waals surface area contributed by atoms with E-state index >= 15 is 0 Å². The number of rotatable bonds is 5. The minimum Gasteiger partial charge on any atom is -0.416 e. The fourth-order valence-electron chi connectivity index (χ4n) is 2.46. The van der Waals surface area contributed by atoms with E-state index in [0.717, 1.165) is 19.4 Å². The summed E-state index contributed by atoms with van der Waals surface area (Å²) in [6.45, 7) is 23.5. The van der Waals surface area contributed by atoms with E-state index < -0.39 is 16.6 Å². The van der Waals surface area contributed by atoms with E-state index in [1.807, 2.05) is 0 Å². The van der Waals surface area contributed by atoms with Gasteiger partial charge in [0.15, 0.2) is 16.6 Å². The van der Waals surface area contributed by atoms with Crippen molar-refractivity contribution in [1.29, 1.82) is 0 Å². The minimum atomic E-state index is -1.81. The predicted octanol–water partition coefficient (Wildman–Crippen LogP) is 5.17. The van der Waals surface area contributed by atoms with Crippen molar-refractivity contribution in [3.05, 3.63) is 0 Å². The van der Waals surface area contributed by atoms with Gasteiger partial charge in [-0.2, -0.15) is 0 Å². The third-order valence-corrected chi connectivity index (χ3v) is 15.3. The Morgan fingerprint density at radius 2 is 1.35 bits per heavy atom. The molecule has 0 radical (unpaired) electrons. The largest absolute Gasteiger partial charge is 0.416 e. The molecule has 5 heteroatoms. The zero-order valence-corrected chi connectivity index (χ0v) is 19.1. The number of hydrogen-bond acceptors (Lipinski definition) is 3. The van der Waals surface area contributed by atoms with Crippen LogP contribution in [0.15, 0.2) is 0 Å². The Balaban J connectivity index is 2.74. The molecule has 1 aliphatic carbocycles. The highest BCUT2D eigenvalue weighted by Gasteiger charge is 2.45. The highest BCUT2D eigenvalue weighted by molar-refractivity contribution is 6.74. The summed E-state index contributed by atoms with van der Waals surface area (Å²) in [7, 11) is -3.55. The lowest BCUT2D eigenvalue weighted by Gasteiger charge is -2.41. The SMILES string of the molecule is CC(C)(C)[Si](C)(C)OCC1CC(O)CC1O[Si](C)(C)C(C)(C)C. The van der Waals surface area contributed by atoms with E-state index in [1.165, 1.54) is 0 Å². The topological polar surface area (TPSA) is 38.7 Å². The van der Waals surface area contributed by atoms with Crippen molar-refractivity contribution < 1.29 is 14.0 Å². The summed E-state index contributed by atoms with van der Waals surface area (Å²) in [6.07, 6.45) is 1.49. The van der Waals surface area contributed by atoms with Gasteiger partial charge in [-0.3, -0.25) is 0 Å². The van der Waals surface area contributed by atoms with E-state index in [0.29, 0.717) is 5.92 Å². The van der Waals surface area contributed by atoms with Crippen molar-refractivity contribution in [1.82, 2.24) is 0 Å². The van der Waals surface area contributed by atoms with Crippen LogP contribution in [0, 0.1) is 5.92 Å². The first kappa shape index (κ1) is 21.4. The van der Waals surface area contributed by atoms with Gasteiger partial charge in [0.05, 0.1) is 12.2 Å². The molecule has 1 aliphatic rings. The number of aliphatic hydroxyl groups is 1. The van der Waals surface area contributed by atoms with Crippen LogP contribution in [0.2, 0.25) is 36.3 Å². The molecule has 0 aromatic carbocycles. The van der Waals surface area contributed by atoms with Gasteiger partial charge >= 0.3 is 0 Å². The van der Waals surface area contributed by atoms with Gasteiger partial charge in [-0.05, 0) is 49.1 Å². The van der Waals surface area contributed by atoms with E-state index in [4.69, 9.17) is 8.85 Å². The third kappa shape index (κ3) is 5.39. The van der Waals surface area contributed by atoms with Crippen LogP contribution in [0.3, 0.4) is 0 Å². The predicted molar refractivity (Wildman–Crippen MR) is 104 cm³/mol.